The smallest absolute Gasteiger partial charge is 0.252 e. The summed E-state index contributed by atoms with van der Waals surface area (Å²) in [5.41, 5.74) is 0.515. The zero-order chi connectivity index (χ0) is 21.4. The highest BCUT2D eigenvalue weighted by Gasteiger charge is 2.31. The Morgan fingerprint density at radius 2 is 1.77 bits per heavy atom. The number of benzene rings is 1. The van der Waals surface area contributed by atoms with Crippen LogP contribution in [-0.4, -0.2) is 43.9 Å². The Balaban J connectivity index is 1.29. The summed E-state index contributed by atoms with van der Waals surface area (Å²) < 4.78 is 48.1. The van der Waals surface area contributed by atoms with E-state index in [1.807, 2.05) is 4.90 Å². The summed E-state index contributed by atoms with van der Waals surface area (Å²) in [5.74, 6) is 1.47. The molecule has 6 nitrogen and oxygen atoms in total. The fraction of sp³-hybridized carbons (Fsp3) is 0.409. The second-order valence-corrected chi connectivity index (χ2v) is 11.3. The van der Waals surface area contributed by atoms with Gasteiger partial charge in [0.2, 0.25) is 0 Å². The lowest BCUT2D eigenvalue weighted by molar-refractivity contribution is 0.384. The van der Waals surface area contributed by atoms with Crippen molar-refractivity contribution in [2.24, 2.45) is 0 Å². The number of halogens is 1. The highest BCUT2D eigenvalue weighted by Crippen LogP contribution is 2.38. The Labute approximate surface area is 185 Å². The molecule has 0 N–H and O–H groups in total. The summed E-state index contributed by atoms with van der Waals surface area (Å²) in [6.07, 6.45) is 6.30. The number of sulfonamides is 1. The molecule has 0 radical (unpaired) electrons. The lowest BCUT2D eigenvalue weighted by Crippen LogP contribution is -2.48. The van der Waals surface area contributed by atoms with E-state index < -0.39 is 10.0 Å². The third-order valence-corrected chi connectivity index (χ3v) is 9.54. The first-order valence-electron chi connectivity index (χ1n) is 10.6. The van der Waals surface area contributed by atoms with E-state index in [4.69, 9.17) is 4.42 Å². The van der Waals surface area contributed by atoms with Gasteiger partial charge in [-0.1, -0.05) is 25.0 Å². The van der Waals surface area contributed by atoms with Crippen LogP contribution in [0.25, 0.3) is 10.6 Å². The molecule has 1 aromatic carbocycles. The van der Waals surface area contributed by atoms with Gasteiger partial charge in [0.25, 0.3) is 10.0 Å². The maximum absolute atomic E-state index is 14.0. The van der Waals surface area contributed by atoms with Crippen molar-refractivity contribution in [2.75, 3.05) is 31.1 Å². The van der Waals surface area contributed by atoms with Crippen LogP contribution in [0.3, 0.4) is 0 Å². The minimum Gasteiger partial charge on any atom is -0.440 e. The van der Waals surface area contributed by atoms with Crippen LogP contribution in [0.4, 0.5) is 10.1 Å². The molecule has 5 rings (SSSR count). The van der Waals surface area contributed by atoms with Gasteiger partial charge in [0.05, 0.1) is 16.8 Å². The van der Waals surface area contributed by atoms with Crippen molar-refractivity contribution in [1.82, 2.24) is 9.29 Å². The fourth-order valence-electron chi connectivity index (χ4n) is 4.36. The van der Waals surface area contributed by atoms with Crippen molar-refractivity contribution in [2.45, 2.75) is 35.8 Å². The molecule has 1 saturated heterocycles. The van der Waals surface area contributed by atoms with Gasteiger partial charge in [0.15, 0.2) is 11.7 Å². The van der Waals surface area contributed by atoms with Crippen LogP contribution in [0.2, 0.25) is 0 Å². The summed E-state index contributed by atoms with van der Waals surface area (Å²) in [6.45, 7) is 1.53. The normalized spacial score (nSPS) is 18.7. The molecule has 3 aromatic rings. The largest absolute Gasteiger partial charge is 0.440 e. The molecule has 0 atom stereocenters. The number of thiophene rings is 1. The predicted molar refractivity (Wildman–Crippen MR) is 118 cm³/mol. The van der Waals surface area contributed by atoms with E-state index in [0.717, 1.165) is 23.6 Å². The number of rotatable bonds is 5. The average molecular weight is 462 g/mol. The third kappa shape index (κ3) is 4.02. The summed E-state index contributed by atoms with van der Waals surface area (Å²) in [5, 5.41) is 0. The van der Waals surface area contributed by atoms with Crippen LogP contribution >= 0.6 is 11.3 Å². The quantitative estimate of drug-likeness (QED) is 0.551. The van der Waals surface area contributed by atoms with E-state index in [1.165, 1.54) is 34.6 Å². The van der Waals surface area contributed by atoms with Gasteiger partial charge in [-0.3, -0.25) is 0 Å². The van der Waals surface area contributed by atoms with E-state index in [1.54, 1.807) is 36.5 Å². The van der Waals surface area contributed by atoms with Crippen LogP contribution in [0, 0.1) is 5.82 Å². The number of hydrogen-bond donors (Lipinski definition) is 0. The summed E-state index contributed by atoms with van der Waals surface area (Å²) >= 11 is 1.21. The minimum atomic E-state index is -3.60. The molecule has 1 aliphatic carbocycles. The Bertz CT molecular complexity index is 1160. The molecule has 2 fully saturated rings. The number of piperazine rings is 1. The van der Waals surface area contributed by atoms with E-state index in [2.05, 4.69) is 4.98 Å². The maximum Gasteiger partial charge on any atom is 0.252 e. The monoisotopic (exact) mass is 461 g/mol. The molecule has 1 saturated carbocycles. The highest BCUT2D eigenvalue weighted by atomic mass is 32.2. The van der Waals surface area contributed by atoms with Gasteiger partial charge in [-0.15, -0.1) is 11.3 Å². The van der Waals surface area contributed by atoms with Gasteiger partial charge < -0.3 is 9.32 Å². The lowest BCUT2D eigenvalue weighted by Gasteiger charge is -2.35. The summed E-state index contributed by atoms with van der Waals surface area (Å²) in [6, 6.07) is 10.0. The van der Waals surface area contributed by atoms with E-state index >= 15 is 0 Å². The number of aromatic nitrogens is 1. The van der Waals surface area contributed by atoms with E-state index in [9.17, 15) is 12.8 Å². The van der Waals surface area contributed by atoms with Crippen molar-refractivity contribution in [3.63, 3.8) is 0 Å². The topological polar surface area (TPSA) is 66.7 Å². The van der Waals surface area contributed by atoms with Crippen LogP contribution < -0.4 is 4.90 Å². The number of nitrogens with zero attached hydrogens (tertiary/aromatic N) is 3. The van der Waals surface area contributed by atoms with Gasteiger partial charge in [-0.2, -0.15) is 4.31 Å². The van der Waals surface area contributed by atoms with Crippen molar-refractivity contribution >= 4 is 27.0 Å². The van der Waals surface area contributed by atoms with Gasteiger partial charge in [0, 0.05) is 32.1 Å². The Morgan fingerprint density at radius 1 is 1.03 bits per heavy atom. The molecular formula is C22H24FN3O3S2. The molecule has 31 heavy (non-hydrogen) atoms. The highest BCUT2D eigenvalue weighted by molar-refractivity contribution is 7.91. The number of hydrogen-bond acceptors (Lipinski definition) is 6. The molecule has 0 bridgehead atoms. The van der Waals surface area contributed by atoms with Crippen LogP contribution in [0.15, 0.2) is 51.2 Å². The molecule has 9 heteroatoms. The molecule has 0 unspecified atom stereocenters. The SMILES string of the molecule is O=S(=O)(c1ccc(-c2cnc(C3CCCC3)o2)s1)N1CCN(c2ccccc2F)CC1. The Hall–Kier alpha value is -2.23. The molecule has 2 aromatic heterocycles. The lowest BCUT2D eigenvalue weighted by atomic mass is 10.1. The Kier molecular flexibility index (Phi) is 5.58. The van der Waals surface area contributed by atoms with Gasteiger partial charge in [0.1, 0.15) is 10.0 Å². The maximum atomic E-state index is 14.0. The van der Waals surface area contributed by atoms with Gasteiger partial charge in [-0.05, 0) is 37.1 Å². The van der Waals surface area contributed by atoms with E-state index in [-0.39, 0.29) is 5.82 Å². The van der Waals surface area contributed by atoms with Crippen molar-refractivity contribution in [3.05, 3.63) is 54.3 Å². The predicted octanol–water partition coefficient (Wildman–Crippen LogP) is 4.71. The molecule has 0 amide bonds. The van der Waals surface area contributed by atoms with E-state index in [0.29, 0.717) is 47.8 Å². The zero-order valence-electron chi connectivity index (χ0n) is 17.0. The van der Waals surface area contributed by atoms with Gasteiger partial charge in [-0.25, -0.2) is 17.8 Å². The first kappa shape index (κ1) is 20.7. The molecular weight excluding hydrogens is 437 g/mol. The molecule has 2 aliphatic rings. The van der Waals surface area contributed by atoms with Crippen LogP contribution in [-0.2, 0) is 10.0 Å². The standard InChI is InChI=1S/C22H24FN3O3S2/c23-17-7-3-4-8-18(17)25-11-13-26(14-12-25)31(27,28)21-10-9-20(30-21)19-15-24-22(29-19)16-5-1-2-6-16/h3-4,7-10,15-16H,1-2,5-6,11-14H2. The first-order valence-corrected chi connectivity index (χ1v) is 12.8. The molecule has 1 aliphatic heterocycles. The molecule has 164 valence electrons. The second-order valence-electron chi connectivity index (χ2n) is 8.01. The van der Waals surface area contributed by atoms with Gasteiger partial charge >= 0.3 is 0 Å². The first-order chi connectivity index (χ1) is 15.0. The number of para-hydroxylation sites is 1. The second kappa shape index (κ2) is 8.37. The Morgan fingerprint density at radius 3 is 2.52 bits per heavy atom. The number of anilines is 1. The summed E-state index contributed by atoms with van der Waals surface area (Å²) in [4.78, 5) is 7.08. The van der Waals surface area contributed by atoms with Crippen molar-refractivity contribution in [3.8, 4) is 10.6 Å². The molecule has 0 spiro atoms. The van der Waals surface area contributed by atoms with Crippen LogP contribution in [0.1, 0.15) is 37.5 Å². The zero-order valence-corrected chi connectivity index (χ0v) is 18.7. The van der Waals surface area contributed by atoms with Crippen molar-refractivity contribution < 1.29 is 17.2 Å². The minimum absolute atomic E-state index is 0.286. The van der Waals surface area contributed by atoms with Crippen LogP contribution in [0.5, 0.6) is 0 Å². The molecule has 3 heterocycles. The number of oxazole rings is 1. The summed E-state index contributed by atoms with van der Waals surface area (Å²) in [7, 11) is -3.60. The van der Waals surface area contributed by atoms with Crippen molar-refractivity contribution in [1.29, 1.82) is 0 Å². The third-order valence-electron chi connectivity index (χ3n) is 6.08. The fourth-order valence-corrected chi connectivity index (χ4v) is 7.19. The average Bonchev–Trinajstić information content (AvgIpc) is 3.55.